The fraction of sp³-hybridized carbons (Fsp3) is 0.364. The molecular weight excluding hydrogens is 371 g/mol. The number of benzene rings is 2. The molecule has 1 saturated heterocycles. The lowest BCUT2D eigenvalue weighted by Gasteiger charge is -2.41. The minimum Gasteiger partial charge on any atom is -0.373 e. The molecule has 2 aromatic rings. The smallest absolute Gasteiger partial charge is 0.315 e. The van der Waals surface area contributed by atoms with Gasteiger partial charge in [0, 0.05) is 19.6 Å². The number of hydrogen-bond donors (Lipinski definition) is 2. The summed E-state index contributed by atoms with van der Waals surface area (Å²) in [6, 6.07) is 15.9. The molecule has 152 valence electrons. The van der Waals surface area contributed by atoms with Crippen molar-refractivity contribution in [2.75, 3.05) is 26.2 Å². The van der Waals surface area contributed by atoms with Crippen LogP contribution in [0.25, 0.3) is 0 Å². The molecule has 2 amide bonds. The number of urea groups is 1. The van der Waals surface area contributed by atoms with E-state index in [4.69, 9.17) is 10.00 Å². The van der Waals surface area contributed by atoms with Gasteiger partial charge in [-0.2, -0.15) is 5.26 Å². The van der Waals surface area contributed by atoms with Crippen LogP contribution in [-0.4, -0.2) is 43.3 Å². The number of nitriles is 1. The van der Waals surface area contributed by atoms with Crippen molar-refractivity contribution in [3.63, 3.8) is 0 Å². The van der Waals surface area contributed by atoms with Crippen LogP contribution < -0.4 is 10.6 Å². The van der Waals surface area contributed by atoms with Crippen LogP contribution in [0.4, 0.5) is 9.18 Å². The highest BCUT2D eigenvalue weighted by atomic mass is 19.1. The van der Waals surface area contributed by atoms with Gasteiger partial charge in [-0.1, -0.05) is 43.3 Å². The van der Waals surface area contributed by atoms with Crippen LogP contribution in [0.2, 0.25) is 0 Å². The molecule has 0 radical (unpaired) electrons. The van der Waals surface area contributed by atoms with E-state index in [-0.39, 0.29) is 30.3 Å². The summed E-state index contributed by atoms with van der Waals surface area (Å²) in [5, 5.41) is 14.3. The number of nitrogens with zero attached hydrogens (tertiary/aromatic N) is 2. The Morgan fingerprint density at radius 2 is 2.07 bits per heavy atom. The van der Waals surface area contributed by atoms with Gasteiger partial charge in [-0.25, -0.2) is 9.18 Å². The molecule has 0 unspecified atom stereocenters. The summed E-state index contributed by atoms with van der Waals surface area (Å²) in [5.74, 6) is -0.590. The fourth-order valence-corrected chi connectivity index (χ4v) is 3.59. The summed E-state index contributed by atoms with van der Waals surface area (Å²) >= 11 is 0. The first-order chi connectivity index (χ1) is 14.1. The van der Waals surface area contributed by atoms with Crippen molar-refractivity contribution in [3.05, 3.63) is 71.0 Å². The van der Waals surface area contributed by atoms with E-state index in [1.54, 1.807) is 12.1 Å². The van der Waals surface area contributed by atoms with Gasteiger partial charge in [-0.3, -0.25) is 4.90 Å². The molecular formula is C22H25FN4O2. The second-order valence-electron chi connectivity index (χ2n) is 6.88. The lowest BCUT2D eigenvalue weighted by molar-refractivity contribution is -0.0681. The highest BCUT2D eigenvalue weighted by molar-refractivity contribution is 5.73. The van der Waals surface area contributed by atoms with Gasteiger partial charge in [-0.15, -0.1) is 0 Å². The lowest BCUT2D eigenvalue weighted by Crippen LogP contribution is -2.50. The van der Waals surface area contributed by atoms with E-state index in [1.807, 2.05) is 18.2 Å². The molecule has 1 fully saturated rings. The van der Waals surface area contributed by atoms with Crippen molar-refractivity contribution in [1.82, 2.24) is 15.5 Å². The number of morpholine rings is 1. The van der Waals surface area contributed by atoms with Crippen LogP contribution >= 0.6 is 0 Å². The molecule has 29 heavy (non-hydrogen) atoms. The number of ether oxygens (including phenoxy) is 1. The SMILES string of the molecule is CCN1CCO[C@@H](CNC(=O)NCc2ccc(C#N)c(F)c2)[C@@H]1c1ccccc1. The normalized spacial score (nSPS) is 19.3. The summed E-state index contributed by atoms with van der Waals surface area (Å²) < 4.78 is 19.6. The van der Waals surface area contributed by atoms with Crippen molar-refractivity contribution in [3.8, 4) is 6.07 Å². The second kappa shape index (κ2) is 10.0. The van der Waals surface area contributed by atoms with Crippen molar-refractivity contribution >= 4 is 6.03 Å². The number of halogens is 1. The Morgan fingerprint density at radius 1 is 1.28 bits per heavy atom. The first kappa shape index (κ1) is 20.8. The van der Waals surface area contributed by atoms with E-state index < -0.39 is 5.82 Å². The number of carbonyl (C=O) groups excluding carboxylic acids is 1. The van der Waals surface area contributed by atoms with E-state index in [9.17, 15) is 9.18 Å². The fourth-order valence-electron chi connectivity index (χ4n) is 3.59. The second-order valence-corrected chi connectivity index (χ2v) is 6.88. The van der Waals surface area contributed by atoms with Crippen LogP contribution in [0, 0.1) is 17.1 Å². The van der Waals surface area contributed by atoms with Gasteiger partial charge in [0.15, 0.2) is 0 Å². The third kappa shape index (κ3) is 5.31. The van der Waals surface area contributed by atoms with Gasteiger partial charge >= 0.3 is 6.03 Å². The highest BCUT2D eigenvalue weighted by Gasteiger charge is 2.32. The molecule has 2 atom stereocenters. The Morgan fingerprint density at radius 3 is 2.76 bits per heavy atom. The van der Waals surface area contributed by atoms with Gasteiger partial charge in [-0.05, 0) is 29.8 Å². The first-order valence-electron chi connectivity index (χ1n) is 9.73. The van der Waals surface area contributed by atoms with Crippen molar-refractivity contribution in [2.24, 2.45) is 0 Å². The molecule has 6 nitrogen and oxygen atoms in total. The average Bonchev–Trinajstić information content (AvgIpc) is 2.76. The number of amides is 2. The van der Waals surface area contributed by atoms with Crippen LogP contribution in [-0.2, 0) is 11.3 Å². The quantitative estimate of drug-likeness (QED) is 0.787. The summed E-state index contributed by atoms with van der Waals surface area (Å²) in [7, 11) is 0. The average molecular weight is 396 g/mol. The molecule has 0 bridgehead atoms. The van der Waals surface area contributed by atoms with Gasteiger partial charge in [0.25, 0.3) is 0 Å². The zero-order valence-corrected chi connectivity index (χ0v) is 16.4. The summed E-state index contributed by atoms with van der Waals surface area (Å²) in [5.41, 5.74) is 1.74. The van der Waals surface area contributed by atoms with Gasteiger partial charge < -0.3 is 15.4 Å². The van der Waals surface area contributed by atoms with Crippen LogP contribution in [0.15, 0.2) is 48.5 Å². The number of nitrogens with one attached hydrogen (secondary N) is 2. The van der Waals surface area contributed by atoms with E-state index in [1.165, 1.54) is 12.1 Å². The molecule has 1 heterocycles. The number of likely N-dealkylation sites (N-methyl/N-ethyl adjacent to an activating group) is 1. The number of rotatable bonds is 6. The molecule has 2 N–H and O–H groups in total. The van der Waals surface area contributed by atoms with Crippen LogP contribution in [0.3, 0.4) is 0 Å². The predicted molar refractivity (Wildman–Crippen MR) is 108 cm³/mol. The van der Waals surface area contributed by atoms with E-state index in [0.717, 1.165) is 18.7 Å². The molecule has 2 aromatic carbocycles. The van der Waals surface area contributed by atoms with Crippen LogP contribution in [0.5, 0.6) is 0 Å². The Labute approximate surface area is 170 Å². The summed E-state index contributed by atoms with van der Waals surface area (Å²) in [6.07, 6.45) is -0.163. The number of carbonyl (C=O) groups is 1. The third-order valence-electron chi connectivity index (χ3n) is 5.07. The molecule has 0 saturated carbocycles. The molecule has 3 rings (SSSR count). The molecule has 0 aromatic heterocycles. The molecule has 0 aliphatic carbocycles. The monoisotopic (exact) mass is 396 g/mol. The van der Waals surface area contributed by atoms with E-state index >= 15 is 0 Å². The molecule has 7 heteroatoms. The Kier molecular flexibility index (Phi) is 7.17. The maximum Gasteiger partial charge on any atom is 0.315 e. The van der Waals surface area contributed by atoms with E-state index in [2.05, 4.69) is 34.6 Å². The maximum atomic E-state index is 13.7. The minimum absolute atomic E-state index is 0.0138. The number of hydrogen-bond acceptors (Lipinski definition) is 4. The lowest BCUT2D eigenvalue weighted by atomic mass is 9.98. The zero-order valence-electron chi connectivity index (χ0n) is 16.4. The van der Waals surface area contributed by atoms with Gasteiger partial charge in [0.1, 0.15) is 11.9 Å². The van der Waals surface area contributed by atoms with E-state index in [0.29, 0.717) is 18.7 Å². The molecule has 0 spiro atoms. The maximum absolute atomic E-state index is 13.7. The topological polar surface area (TPSA) is 77.4 Å². The van der Waals surface area contributed by atoms with Crippen LogP contribution in [0.1, 0.15) is 29.7 Å². The zero-order chi connectivity index (χ0) is 20.6. The predicted octanol–water partition coefficient (Wildman–Crippen LogP) is 2.96. The summed E-state index contributed by atoms with van der Waals surface area (Å²) in [4.78, 5) is 14.6. The Bertz CT molecular complexity index is 869. The molecule has 1 aliphatic rings. The molecule has 1 aliphatic heterocycles. The van der Waals surface area contributed by atoms with Crippen molar-refractivity contribution in [2.45, 2.75) is 25.6 Å². The van der Waals surface area contributed by atoms with Crippen molar-refractivity contribution < 1.29 is 13.9 Å². The van der Waals surface area contributed by atoms with Gasteiger partial charge in [0.05, 0.1) is 24.3 Å². The summed E-state index contributed by atoms with van der Waals surface area (Å²) in [6.45, 7) is 5.02. The first-order valence-corrected chi connectivity index (χ1v) is 9.73. The Balaban J connectivity index is 1.56. The minimum atomic E-state index is -0.590. The standard InChI is InChI=1S/C22H25FN4O2/c1-2-27-10-11-29-20(21(27)17-6-4-3-5-7-17)15-26-22(28)25-14-16-8-9-18(13-24)19(23)12-16/h3-9,12,20-21H,2,10-11,14-15H2,1H3,(H2,25,26,28)/t20-,21-/m0/s1. The Hall–Kier alpha value is -2.95. The van der Waals surface area contributed by atoms with Crippen molar-refractivity contribution in [1.29, 1.82) is 5.26 Å². The highest BCUT2D eigenvalue weighted by Crippen LogP contribution is 2.28. The third-order valence-corrected chi connectivity index (χ3v) is 5.07. The van der Waals surface area contributed by atoms with Gasteiger partial charge in [0.2, 0.25) is 0 Å². The largest absolute Gasteiger partial charge is 0.373 e.